The Morgan fingerprint density at radius 2 is 0.776 bits per heavy atom. The van der Waals surface area contributed by atoms with Gasteiger partial charge in [0.05, 0.1) is 0 Å². The summed E-state index contributed by atoms with van der Waals surface area (Å²) >= 11 is 0. The summed E-state index contributed by atoms with van der Waals surface area (Å²) in [7, 11) is -1.68. The minimum Gasteiger partial charge on any atom is -0.208 e. The standard InChI is InChI=1S/C45H33N3Si/c1-49(2)41-15-9-8-14-39(41)40-29-38(26-27-42(40)49)32-18-23-35(24-19-32)45-47-43(33-11-4-3-5-12-33)46-44(48-45)34-21-16-31(17-22-34)37-25-20-30-10-6-7-13-36(30)28-37/h3-29H,1-2H3. The summed E-state index contributed by atoms with van der Waals surface area (Å²) in [4.78, 5) is 14.9. The molecule has 8 aromatic rings. The van der Waals surface area contributed by atoms with Gasteiger partial charge in [0.25, 0.3) is 0 Å². The first-order valence-electron chi connectivity index (χ1n) is 16.8. The zero-order valence-corrected chi connectivity index (χ0v) is 28.4. The van der Waals surface area contributed by atoms with Crippen LogP contribution in [0.1, 0.15) is 0 Å². The number of hydrogen-bond donors (Lipinski definition) is 0. The molecule has 0 aliphatic carbocycles. The maximum Gasteiger partial charge on any atom is 0.164 e. The van der Waals surface area contributed by atoms with Crippen LogP contribution in [0, 0.1) is 0 Å². The summed E-state index contributed by atoms with van der Waals surface area (Å²) in [5, 5.41) is 5.52. The van der Waals surface area contributed by atoms with E-state index >= 15 is 0 Å². The van der Waals surface area contributed by atoms with E-state index in [9.17, 15) is 0 Å². The van der Waals surface area contributed by atoms with Crippen LogP contribution in [0.5, 0.6) is 0 Å². The topological polar surface area (TPSA) is 38.7 Å². The SMILES string of the molecule is C[Si]1(C)c2ccccc2-c2cc(-c3ccc(-c4nc(-c5ccccc5)nc(-c5ccc(-c6ccc7ccccc7c6)cc5)n4)cc3)ccc21. The van der Waals surface area contributed by atoms with E-state index in [1.165, 1.54) is 49.0 Å². The van der Waals surface area contributed by atoms with Crippen LogP contribution in [0.4, 0.5) is 0 Å². The van der Waals surface area contributed by atoms with Crippen LogP contribution in [0.25, 0.3) is 78.3 Å². The Hall–Kier alpha value is -5.97. The Morgan fingerprint density at radius 1 is 0.327 bits per heavy atom. The minimum absolute atomic E-state index is 0.655. The predicted molar refractivity (Wildman–Crippen MR) is 207 cm³/mol. The van der Waals surface area contributed by atoms with Gasteiger partial charge in [0.2, 0.25) is 0 Å². The van der Waals surface area contributed by atoms with E-state index in [2.05, 4.69) is 147 Å². The smallest absolute Gasteiger partial charge is 0.164 e. The third-order valence-electron chi connectivity index (χ3n) is 9.95. The molecule has 0 spiro atoms. The molecule has 0 saturated carbocycles. The average Bonchev–Trinajstić information content (AvgIpc) is 3.40. The molecule has 1 aromatic heterocycles. The molecule has 0 unspecified atom stereocenters. The fourth-order valence-corrected chi connectivity index (χ4v) is 10.3. The first-order valence-corrected chi connectivity index (χ1v) is 19.8. The largest absolute Gasteiger partial charge is 0.208 e. The number of aromatic nitrogens is 3. The van der Waals surface area contributed by atoms with Crippen molar-refractivity contribution in [2.75, 3.05) is 0 Å². The fraction of sp³-hybridized carbons (Fsp3) is 0.0444. The number of rotatable bonds is 5. The predicted octanol–water partition coefficient (Wildman–Crippen LogP) is 10.2. The van der Waals surface area contributed by atoms with Gasteiger partial charge in [-0.05, 0) is 66.7 Å². The van der Waals surface area contributed by atoms with Crippen molar-refractivity contribution in [1.82, 2.24) is 15.0 Å². The van der Waals surface area contributed by atoms with Gasteiger partial charge in [0.1, 0.15) is 8.07 Å². The molecular formula is C45H33N3Si. The van der Waals surface area contributed by atoms with E-state index in [4.69, 9.17) is 15.0 Å². The highest BCUT2D eigenvalue weighted by molar-refractivity contribution is 7.03. The van der Waals surface area contributed by atoms with Crippen molar-refractivity contribution >= 4 is 29.2 Å². The Kier molecular flexibility index (Phi) is 6.92. The van der Waals surface area contributed by atoms with Crippen molar-refractivity contribution in [2.45, 2.75) is 13.1 Å². The molecule has 0 saturated heterocycles. The van der Waals surface area contributed by atoms with Crippen molar-refractivity contribution in [2.24, 2.45) is 0 Å². The minimum atomic E-state index is -1.68. The van der Waals surface area contributed by atoms with Crippen LogP contribution in [-0.2, 0) is 0 Å². The highest BCUT2D eigenvalue weighted by Crippen LogP contribution is 2.33. The maximum absolute atomic E-state index is 5.02. The summed E-state index contributed by atoms with van der Waals surface area (Å²) in [5.74, 6) is 1.97. The average molecular weight is 644 g/mol. The molecule has 0 radical (unpaired) electrons. The lowest BCUT2D eigenvalue weighted by Gasteiger charge is -2.18. The molecule has 3 nitrogen and oxygen atoms in total. The maximum atomic E-state index is 5.02. The second-order valence-electron chi connectivity index (χ2n) is 13.3. The van der Waals surface area contributed by atoms with Crippen LogP contribution in [0.2, 0.25) is 13.1 Å². The first kappa shape index (κ1) is 29.2. The van der Waals surface area contributed by atoms with Crippen molar-refractivity contribution in [1.29, 1.82) is 0 Å². The van der Waals surface area contributed by atoms with Crippen LogP contribution >= 0.6 is 0 Å². The summed E-state index contributed by atoms with van der Waals surface area (Å²) in [6.45, 7) is 4.91. The molecule has 49 heavy (non-hydrogen) atoms. The number of nitrogens with zero attached hydrogens (tertiary/aromatic N) is 3. The lowest BCUT2D eigenvalue weighted by molar-refractivity contribution is 1.07. The van der Waals surface area contributed by atoms with Gasteiger partial charge in [-0.25, -0.2) is 15.0 Å². The second-order valence-corrected chi connectivity index (χ2v) is 17.6. The highest BCUT2D eigenvalue weighted by atomic mass is 28.3. The zero-order valence-electron chi connectivity index (χ0n) is 27.4. The Labute approximate surface area is 287 Å². The third-order valence-corrected chi connectivity index (χ3v) is 13.5. The van der Waals surface area contributed by atoms with E-state index in [-0.39, 0.29) is 0 Å². The van der Waals surface area contributed by atoms with Crippen LogP contribution in [0.3, 0.4) is 0 Å². The molecule has 2 heterocycles. The van der Waals surface area contributed by atoms with E-state index < -0.39 is 8.07 Å². The Morgan fingerprint density at radius 3 is 1.43 bits per heavy atom. The van der Waals surface area contributed by atoms with Crippen LogP contribution < -0.4 is 10.4 Å². The van der Waals surface area contributed by atoms with Gasteiger partial charge in [-0.15, -0.1) is 0 Å². The van der Waals surface area contributed by atoms with E-state index in [0.29, 0.717) is 17.5 Å². The monoisotopic (exact) mass is 643 g/mol. The van der Waals surface area contributed by atoms with E-state index in [0.717, 1.165) is 22.3 Å². The molecule has 0 bridgehead atoms. The van der Waals surface area contributed by atoms with E-state index in [1.54, 1.807) is 0 Å². The van der Waals surface area contributed by atoms with Crippen molar-refractivity contribution < 1.29 is 0 Å². The molecule has 0 N–H and O–H groups in total. The molecule has 0 amide bonds. The quantitative estimate of drug-likeness (QED) is 0.175. The highest BCUT2D eigenvalue weighted by Gasteiger charge is 2.37. The number of fused-ring (bicyclic) bond motifs is 4. The molecule has 0 atom stereocenters. The molecular weight excluding hydrogens is 611 g/mol. The van der Waals surface area contributed by atoms with Crippen molar-refractivity contribution in [3.8, 4) is 67.5 Å². The summed E-state index contributed by atoms with van der Waals surface area (Å²) < 4.78 is 0. The summed E-state index contributed by atoms with van der Waals surface area (Å²) in [5.41, 5.74) is 10.4. The number of benzene rings is 7. The van der Waals surface area contributed by atoms with Gasteiger partial charge < -0.3 is 0 Å². The van der Waals surface area contributed by atoms with Gasteiger partial charge in [-0.2, -0.15) is 0 Å². The molecule has 232 valence electrons. The van der Waals surface area contributed by atoms with Gasteiger partial charge in [0.15, 0.2) is 17.5 Å². The normalized spacial score (nSPS) is 12.9. The number of hydrogen-bond acceptors (Lipinski definition) is 3. The van der Waals surface area contributed by atoms with Crippen LogP contribution in [0.15, 0.2) is 164 Å². The first-order chi connectivity index (χ1) is 24.0. The van der Waals surface area contributed by atoms with E-state index in [1.807, 2.05) is 30.3 Å². The Balaban J connectivity index is 1.07. The molecule has 7 aromatic carbocycles. The Bertz CT molecular complexity index is 2500. The zero-order chi connectivity index (χ0) is 33.0. The van der Waals surface area contributed by atoms with Crippen molar-refractivity contribution in [3.05, 3.63) is 164 Å². The molecule has 4 heteroatoms. The summed E-state index contributed by atoms with van der Waals surface area (Å²) in [6, 6.07) is 58.3. The molecule has 9 rings (SSSR count). The van der Waals surface area contributed by atoms with Gasteiger partial charge in [0, 0.05) is 16.7 Å². The third kappa shape index (κ3) is 5.18. The van der Waals surface area contributed by atoms with Gasteiger partial charge in [-0.1, -0.05) is 165 Å². The van der Waals surface area contributed by atoms with Crippen molar-refractivity contribution in [3.63, 3.8) is 0 Å². The fourth-order valence-electron chi connectivity index (χ4n) is 7.24. The second kappa shape index (κ2) is 11.6. The lowest BCUT2D eigenvalue weighted by Crippen LogP contribution is -2.49. The molecule has 0 fully saturated rings. The summed E-state index contributed by atoms with van der Waals surface area (Å²) in [6.07, 6.45) is 0. The lowest BCUT2D eigenvalue weighted by atomic mass is 9.98. The molecule has 1 aliphatic heterocycles. The van der Waals surface area contributed by atoms with Gasteiger partial charge >= 0.3 is 0 Å². The van der Waals surface area contributed by atoms with Crippen LogP contribution in [-0.4, -0.2) is 23.0 Å². The molecule has 1 aliphatic rings. The van der Waals surface area contributed by atoms with Gasteiger partial charge in [-0.3, -0.25) is 0 Å².